The molecule has 4 heteroatoms. The topological polar surface area (TPSA) is 20.2 Å². The number of hydrogen-bond donors (Lipinski definition) is 1. The molecule has 0 saturated heterocycles. The number of thiophene rings is 2. The summed E-state index contributed by atoms with van der Waals surface area (Å²) >= 11 is 8.93. The minimum Gasteiger partial charge on any atom is -0.388 e. The van der Waals surface area contributed by atoms with Crippen LogP contribution in [0.25, 0.3) is 0 Å². The monoisotopic (exact) mass is 244 g/mol. The maximum Gasteiger partial charge on any atom is 0.0931 e. The Bertz CT molecular complexity index is 394. The first kappa shape index (κ1) is 10.2. The molecule has 2 aromatic rings. The summed E-state index contributed by atoms with van der Waals surface area (Å²) in [6.45, 7) is 0. The van der Waals surface area contributed by atoms with Gasteiger partial charge in [0, 0.05) is 11.3 Å². The Morgan fingerprint density at radius 1 is 1.36 bits per heavy atom. The molecule has 2 heterocycles. The van der Waals surface area contributed by atoms with Crippen molar-refractivity contribution >= 4 is 34.3 Å². The Balaban J connectivity index is 2.05. The van der Waals surface area contributed by atoms with Crippen LogP contribution in [-0.4, -0.2) is 5.11 Å². The van der Waals surface area contributed by atoms with Crippen LogP contribution in [0.4, 0.5) is 0 Å². The molecule has 74 valence electrons. The molecule has 1 nitrogen and oxygen atoms in total. The average Bonchev–Trinajstić information content (AvgIpc) is 2.75. The lowest BCUT2D eigenvalue weighted by Gasteiger charge is -2.06. The summed E-state index contributed by atoms with van der Waals surface area (Å²) in [6.07, 6.45) is 0.240. The van der Waals surface area contributed by atoms with Crippen LogP contribution in [0.5, 0.6) is 0 Å². The van der Waals surface area contributed by atoms with Gasteiger partial charge < -0.3 is 5.11 Å². The second kappa shape index (κ2) is 4.45. The van der Waals surface area contributed by atoms with E-state index in [2.05, 4.69) is 0 Å². The van der Waals surface area contributed by atoms with E-state index in [1.165, 1.54) is 11.3 Å². The lowest BCUT2D eigenvalue weighted by atomic mass is 10.1. The summed E-state index contributed by atoms with van der Waals surface area (Å²) in [5, 5.41) is 13.8. The molecule has 0 aliphatic heterocycles. The molecule has 2 aromatic heterocycles. The van der Waals surface area contributed by atoms with Crippen molar-refractivity contribution in [2.24, 2.45) is 0 Å². The fourth-order valence-electron chi connectivity index (χ4n) is 1.23. The summed E-state index contributed by atoms with van der Waals surface area (Å²) < 4.78 is 0.775. The second-order valence-electron chi connectivity index (χ2n) is 2.98. The summed E-state index contributed by atoms with van der Waals surface area (Å²) in [6, 6.07) is 5.77. The summed E-state index contributed by atoms with van der Waals surface area (Å²) in [4.78, 5) is 1.12. The van der Waals surface area contributed by atoms with Crippen LogP contribution in [0.1, 0.15) is 16.5 Å². The van der Waals surface area contributed by atoms with Gasteiger partial charge in [-0.1, -0.05) is 11.6 Å². The zero-order chi connectivity index (χ0) is 9.97. The van der Waals surface area contributed by atoms with Crippen molar-refractivity contribution in [3.05, 3.63) is 43.7 Å². The average molecular weight is 245 g/mol. The van der Waals surface area contributed by atoms with Crippen molar-refractivity contribution < 1.29 is 5.11 Å². The second-order valence-corrected chi connectivity index (χ2v) is 5.56. The van der Waals surface area contributed by atoms with E-state index in [4.69, 9.17) is 11.6 Å². The van der Waals surface area contributed by atoms with Crippen molar-refractivity contribution in [2.75, 3.05) is 0 Å². The molecule has 1 N–H and O–H groups in total. The van der Waals surface area contributed by atoms with Gasteiger partial charge in [0.15, 0.2) is 0 Å². The Kier molecular flexibility index (Phi) is 3.23. The van der Waals surface area contributed by atoms with Gasteiger partial charge in [0.25, 0.3) is 0 Å². The summed E-state index contributed by atoms with van der Waals surface area (Å²) in [7, 11) is 0. The molecular weight excluding hydrogens is 236 g/mol. The molecule has 0 radical (unpaired) electrons. The molecule has 2 rings (SSSR count). The van der Waals surface area contributed by atoms with E-state index < -0.39 is 6.10 Å². The van der Waals surface area contributed by atoms with Gasteiger partial charge in [0.1, 0.15) is 0 Å². The first-order valence-corrected chi connectivity index (χ1v) is 6.34. The van der Waals surface area contributed by atoms with Crippen LogP contribution in [0.2, 0.25) is 4.34 Å². The van der Waals surface area contributed by atoms with E-state index >= 15 is 0 Å². The first-order valence-electron chi connectivity index (χ1n) is 4.20. The van der Waals surface area contributed by atoms with Crippen molar-refractivity contribution in [1.29, 1.82) is 0 Å². The van der Waals surface area contributed by atoms with Crippen molar-refractivity contribution in [3.63, 3.8) is 0 Å². The largest absolute Gasteiger partial charge is 0.388 e. The predicted molar refractivity (Wildman–Crippen MR) is 62.3 cm³/mol. The minimum absolute atomic E-state index is 0.407. The maximum atomic E-state index is 9.84. The van der Waals surface area contributed by atoms with Crippen LogP contribution in [0.3, 0.4) is 0 Å². The van der Waals surface area contributed by atoms with Crippen LogP contribution >= 0.6 is 34.3 Å². The maximum absolute atomic E-state index is 9.84. The summed E-state index contributed by atoms with van der Waals surface area (Å²) in [5.41, 5.74) is 0.986. The molecule has 0 bridgehead atoms. The van der Waals surface area contributed by atoms with Gasteiger partial charge in [-0.2, -0.15) is 11.3 Å². The van der Waals surface area contributed by atoms with Crippen LogP contribution in [-0.2, 0) is 6.42 Å². The van der Waals surface area contributed by atoms with Crippen LogP contribution in [0.15, 0.2) is 29.0 Å². The van der Waals surface area contributed by atoms with E-state index in [0.717, 1.165) is 14.8 Å². The molecule has 0 amide bonds. The Morgan fingerprint density at radius 2 is 2.21 bits per heavy atom. The third kappa shape index (κ3) is 2.36. The number of rotatable bonds is 3. The molecule has 0 aliphatic rings. The molecular formula is C10H9ClOS2. The molecule has 1 atom stereocenters. The van der Waals surface area contributed by atoms with Gasteiger partial charge >= 0.3 is 0 Å². The Labute approximate surface area is 95.6 Å². The quantitative estimate of drug-likeness (QED) is 0.872. The normalized spacial score (nSPS) is 13.0. The predicted octanol–water partition coefficient (Wildman–Crippen LogP) is 3.74. The van der Waals surface area contributed by atoms with Gasteiger partial charge in [0.2, 0.25) is 0 Å². The SMILES string of the molecule is OC(Cc1ccc(Cl)s1)c1ccsc1. The van der Waals surface area contributed by atoms with Crippen molar-refractivity contribution in [1.82, 2.24) is 0 Å². The molecule has 0 aromatic carbocycles. The van der Waals surface area contributed by atoms with E-state index in [-0.39, 0.29) is 0 Å². The fourth-order valence-corrected chi connectivity index (χ4v) is 3.07. The van der Waals surface area contributed by atoms with Gasteiger partial charge in [-0.05, 0) is 34.5 Å². The highest BCUT2D eigenvalue weighted by Gasteiger charge is 2.10. The van der Waals surface area contributed by atoms with Gasteiger partial charge in [-0.3, -0.25) is 0 Å². The van der Waals surface area contributed by atoms with E-state index in [1.807, 2.05) is 29.0 Å². The zero-order valence-corrected chi connectivity index (χ0v) is 9.70. The fraction of sp³-hybridized carbons (Fsp3) is 0.200. The Morgan fingerprint density at radius 3 is 2.79 bits per heavy atom. The zero-order valence-electron chi connectivity index (χ0n) is 7.31. The van der Waals surface area contributed by atoms with Gasteiger partial charge in [-0.25, -0.2) is 0 Å². The van der Waals surface area contributed by atoms with Crippen LogP contribution < -0.4 is 0 Å². The third-order valence-electron chi connectivity index (χ3n) is 1.95. The number of halogens is 1. The van der Waals surface area contributed by atoms with Crippen molar-refractivity contribution in [3.8, 4) is 0 Å². The van der Waals surface area contributed by atoms with E-state index in [0.29, 0.717) is 6.42 Å². The molecule has 0 saturated carbocycles. The van der Waals surface area contributed by atoms with Gasteiger partial charge in [-0.15, -0.1) is 11.3 Å². The Hall–Kier alpha value is -0.350. The van der Waals surface area contributed by atoms with E-state index in [1.54, 1.807) is 11.3 Å². The lowest BCUT2D eigenvalue weighted by molar-refractivity contribution is 0.180. The van der Waals surface area contributed by atoms with E-state index in [9.17, 15) is 5.11 Å². The number of aliphatic hydroxyl groups excluding tert-OH is 1. The first-order chi connectivity index (χ1) is 6.75. The molecule has 0 fully saturated rings. The number of hydrogen-bond acceptors (Lipinski definition) is 3. The highest BCUT2D eigenvalue weighted by molar-refractivity contribution is 7.16. The lowest BCUT2D eigenvalue weighted by Crippen LogP contribution is -1.98. The number of aliphatic hydroxyl groups is 1. The molecule has 14 heavy (non-hydrogen) atoms. The van der Waals surface area contributed by atoms with Crippen LogP contribution in [0, 0.1) is 0 Å². The van der Waals surface area contributed by atoms with Crippen molar-refractivity contribution in [2.45, 2.75) is 12.5 Å². The molecule has 1 unspecified atom stereocenters. The highest BCUT2D eigenvalue weighted by atomic mass is 35.5. The minimum atomic E-state index is -0.407. The van der Waals surface area contributed by atoms with Gasteiger partial charge in [0.05, 0.1) is 10.4 Å². The third-order valence-corrected chi connectivity index (χ3v) is 3.91. The molecule has 0 spiro atoms. The molecule has 0 aliphatic carbocycles. The smallest absolute Gasteiger partial charge is 0.0931 e. The highest BCUT2D eigenvalue weighted by Crippen LogP contribution is 2.27. The standard InChI is InChI=1S/C10H9ClOS2/c11-10-2-1-8(14-10)5-9(12)7-3-4-13-6-7/h1-4,6,9,12H,5H2. The summed E-state index contributed by atoms with van der Waals surface area (Å²) in [5.74, 6) is 0.